The standard InChI is InChI=1S/C35H51N5O5S/c1-9-23(4)25(19-30(42)34(6)14-12-18-39(34)7)33(44)40(8)27(22(2)3)20-28(45-24(5)41)32-37-26(21-46-32)31(43)38-35(15-16-35)29-13-10-11-17-36-29/h10-11,13,17,21-23,25,27-28H,9,12,14-16,18-20H2,1-8H3,(H,38,43)/t23-,25-,27+,28+,34+/m0/s1. The smallest absolute Gasteiger partial charge is 0.303 e. The lowest BCUT2D eigenvalue weighted by atomic mass is 9.80. The van der Waals surface area contributed by atoms with Crippen molar-refractivity contribution in [3.05, 3.63) is 46.2 Å². The first-order chi connectivity index (χ1) is 21.7. The number of pyridine rings is 1. The van der Waals surface area contributed by atoms with Crippen molar-refractivity contribution in [3.63, 3.8) is 0 Å². The molecule has 3 heterocycles. The number of carbonyl (C=O) groups excluding carboxylic acids is 4. The number of nitrogens with zero attached hydrogens (tertiary/aromatic N) is 4. The first-order valence-electron chi connectivity index (χ1n) is 16.6. The van der Waals surface area contributed by atoms with Gasteiger partial charge in [-0.2, -0.15) is 0 Å². The summed E-state index contributed by atoms with van der Waals surface area (Å²) in [6, 6.07) is 5.36. The summed E-state index contributed by atoms with van der Waals surface area (Å²) in [5, 5.41) is 5.29. The van der Waals surface area contributed by atoms with Gasteiger partial charge in [0, 0.05) is 50.3 Å². The number of nitrogens with one attached hydrogen (secondary N) is 1. The Hall–Kier alpha value is -3.18. The second-order valence-electron chi connectivity index (χ2n) is 13.8. The van der Waals surface area contributed by atoms with E-state index in [1.807, 2.05) is 59.9 Å². The summed E-state index contributed by atoms with van der Waals surface area (Å²) in [5.74, 6) is -1.14. The van der Waals surface area contributed by atoms with Crippen LogP contribution in [0.2, 0.25) is 0 Å². The zero-order chi connectivity index (χ0) is 33.8. The summed E-state index contributed by atoms with van der Waals surface area (Å²) in [6.45, 7) is 12.4. The summed E-state index contributed by atoms with van der Waals surface area (Å²) < 4.78 is 5.78. The lowest BCUT2D eigenvalue weighted by Gasteiger charge is -2.38. The molecule has 1 saturated carbocycles. The molecule has 0 bridgehead atoms. The van der Waals surface area contributed by atoms with E-state index in [4.69, 9.17) is 4.74 Å². The molecule has 1 aliphatic carbocycles. The lowest BCUT2D eigenvalue weighted by molar-refractivity contribution is -0.149. The molecule has 0 unspecified atom stereocenters. The normalized spacial score (nSPS) is 21.7. The summed E-state index contributed by atoms with van der Waals surface area (Å²) in [5.41, 5.74) is 0.0477. The molecular formula is C35H51N5O5S. The molecule has 10 nitrogen and oxygen atoms in total. The van der Waals surface area contributed by atoms with E-state index in [2.05, 4.69) is 20.2 Å². The highest BCUT2D eigenvalue weighted by Gasteiger charge is 2.47. The van der Waals surface area contributed by atoms with Crippen LogP contribution in [0.25, 0.3) is 0 Å². The highest BCUT2D eigenvalue weighted by molar-refractivity contribution is 7.09. The van der Waals surface area contributed by atoms with E-state index in [1.54, 1.807) is 23.5 Å². The number of carbonyl (C=O) groups is 4. The first-order valence-corrected chi connectivity index (χ1v) is 17.5. The minimum Gasteiger partial charge on any atom is -0.455 e. The summed E-state index contributed by atoms with van der Waals surface area (Å²) in [4.78, 5) is 66.3. The van der Waals surface area contributed by atoms with E-state index in [1.165, 1.54) is 18.3 Å². The molecule has 1 aliphatic heterocycles. The van der Waals surface area contributed by atoms with Gasteiger partial charge in [-0.05, 0) is 70.2 Å². The largest absolute Gasteiger partial charge is 0.455 e. The monoisotopic (exact) mass is 653 g/mol. The number of likely N-dealkylation sites (N-methyl/N-ethyl adjacent to an activating group) is 1. The van der Waals surface area contributed by atoms with Crippen LogP contribution >= 0.6 is 11.3 Å². The number of ketones is 1. The van der Waals surface area contributed by atoms with E-state index in [0.29, 0.717) is 11.4 Å². The van der Waals surface area contributed by atoms with Crippen molar-refractivity contribution in [2.24, 2.45) is 17.8 Å². The SMILES string of the molecule is CC[C@H](C)[C@H](CC(=O)[C@@]1(C)CCCN1C)C(=O)N(C)[C@H](C[C@@H](OC(C)=O)c1nc(C(=O)NC2(c3ccccn3)CC2)cs1)C(C)C. The maximum Gasteiger partial charge on any atom is 0.303 e. The number of likely N-dealkylation sites (tertiary alicyclic amines) is 1. The second kappa shape index (κ2) is 14.7. The van der Waals surface area contributed by atoms with Crippen molar-refractivity contribution >= 4 is 34.9 Å². The zero-order valence-corrected chi connectivity index (χ0v) is 29.5. The fraction of sp³-hybridized carbons (Fsp3) is 0.657. The highest BCUT2D eigenvalue weighted by atomic mass is 32.1. The summed E-state index contributed by atoms with van der Waals surface area (Å²) in [7, 11) is 3.77. The van der Waals surface area contributed by atoms with Crippen molar-refractivity contribution in [1.82, 2.24) is 25.1 Å². The third kappa shape index (κ3) is 7.85. The van der Waals surface area contributed by atoms with Crippen molar-refractivity contribution in [2.45, 2.75) is 110 Å². The van der Waals surface area contributed by atoms with E-state index in [-0.39, 0.29) is 47.6 Å². The van der Waals surface area contributed by atoms with Crippen molar-refractivity contribution in [3.8, 4) is 0 Å². The Balaban J connectivity index is 1.51. The van der Waals surface area contributed by atoms with E-state index >= 15 is 0 Å². The Morgan fingerprint density at radius 2 is 1.87 bits per heavy atom. The van der Waals surface area contributed by atoms with Crippen LogP contribution < -0.4 is 5.32 Å². The third-order valence-corrected chi connectivity index (χ3v) is 11.3. The quantitative estimate of drug-likeness (QED) is 0.249. The number of aromatic nitrogens is 2. The number of thiazole rings is 1. The number of ether oxygens (including phenoxy) is 1. The maximum absolute atomic E-state index is 14.2. The minimum absolute atomic E-state index is 0.0205. The number of hydrogen-bond donors (Lipinski definition) is 1. The average Bonchev–Trinajstić information content (AvgIpc) is 3.47. The van der Waals surface area contributed by atoms with Crippen molar-refractivity contribution < 1.29 is 23.9 Å². The van der Waals surface area contributed by atoms with E-state index in [9.17, 15) is 19.2 Å². The van der Waals surface area contributed by atoms with Gasteiger partial charge in [-0.1, -0.05) is 40.2 Å². The molecule has 1 saturated heterocycles. The predicted molar refractivity (Wildman–Crippen MR) is 178 cm³/mol. The van der Waals surface area contributed by atoms with Gasteiger partial charge in [-0.25, -0.2) is 4.98 Å². The number of rotatable bonds is 15. The molecule has 46 heavy (non-hydrogen) atoms. The fourth-order valence-electron chi connectivity index (χ4n) is 6.65. The Labute approximate surface area is 277 Å². The molecule has 1 N–H and O–H groups in total. The molecule has 0 radical (unpaired) electrons. The maximum atomic E-state index is 14.2. The van der Waals surface area contributed by atoms with Crippen molar-refractivity contribution in [2.75, 3.05) is 20.6 Å². The van der Waals surface area contributed by atoms with Crippen LogP contribution in [0.4, 0.5) is 0 Å². The van der Waals surface area contributed by atoms with Gasteiger partial charge in [0.1, 0.15) is 10.7 Å². The van der Waals surface area contributed by atoms with Crippen LogP contribution in [0.5, 0.6) is 0 Å². The van der Waals surface area contributed by atoms with Gasteiger partial charge in [0.15, 0.2) is 11.9 Å². The summed E-state index contributed by atoms with van der Waals surface area (Å²) >= 11 is 1.26. The van der Waals surface area contributed by atoms with Crippen LogP contribution in [0.3, 0.4) is 0 Å². The van der Waals surface area contributed by atoms with Crippen LogP contribution in [-0.4, -0.2) is 75.6 Å². The van der Waals surface area contributed by atoms with Crippen LogP contribution in [0.15, 0.2) is 29.8 Å². The molecule has 5 atom stereocenters. The van der Waals surface area contributed by atoms with Gasteiger partial charge in [0.25, 0.3) is 5.91 Å². The Kier molecular flexibility index (Phi) is 11.4. The molecule has 11 heteroatoms. The molecule has 2 aromatic rings. The number of hydrogen-bond acceptors (Lipinski definition) is 9. The topological polar surface area (TPSA) is 122 Å². The average molecular weight is 654 g/mol. The minimum atomic E-state index is -0.743. The Morgan fingerprint density at radius 1 is 1.15 bits per heavy atom. The van der Waals surface area contributed by atoms with Crippen LogP contribution in [0, 0.1) is 17.8 Å². The van der Waals surface area contributed by atoms with Crippen LogP contribution in [-0.2, 0) is 24.7 Å². The molecule has 2 aliphatic rings. The molecule has 4 rings (SSSR count). The Bertz CT molecular complexity index is 1390. The van der Waals surface area contributed by atoms with Gasteiger partial charge in [0.2, 0.25) is 5.91 Å². The van der Waals surface area contributed by atoms with Gasteiger partial charge >= 0.3 is 5.97 Å². The van der Waals surface area contributed by atoms with Gasteiger partial charge < -0.3 is 15.0 Å². The molecule has 252 valence electrons. The van der Waals surface area contributed by atoms with E-state index in [0.717, 1.165) is 44.3 Å². The number of Topliss-reactive ketones (excluding diaryl/α,β-unsaturated/α-hetero) is 1. The van der Waals surface area contributed by atoms with Crippen molar-refractivity contribution in [1.29, 1.82) is 0 Å². The lowest BCUT2D eigenvalue weighted by Crippen LogP contribution is -2.50. The molecule has 0 aromatic carbocycles. The molecule has 2 amide bonds. The second-order valence-corrected chi connectivity index (χ2v) is 14.7. The van der Waals surface area contributed by atoms with Gasteiger partial charge in [-0.3, -0.25) is 29.1 Å². The van der Waals surface area contributed by atoms with E-state index < -0.39 is 29.1 Å². The highest BCUT2D eigenvalue weighted by Crippen LogP contribution is 2.44. The first kappa shape index (κ1) is 35.7. The predicted octanol–water partition coefficient (Wildman–Crippen LogP) is 5.54. The number of esters is 1. The zero-order valence-electron chi connectivity index (χ0n) is 28.7. The van der Waals surface area contributed by atoms with Gasteiger partial charge in [0.05, 0.1) is 16.8 Å². The number of amides is 2. The third-order valence-electron chi connectivity index (χ3n) is 10.3. The summed E-state index contributed by atoms with van der Waals surface area (Å²) in [6.07, 6.45) is 5.64. The molecule has 2 aromatic heterocycles. The molecule has 0 spiro atoms. The Morgan fingerprint density at radius 3 is 2.41 bits per heavy atom. The van der Waals surface area contributed by atoms with Gasteiger partial charge in [-0.15, -0.1) is 11.3 Å². The molecule has 2 fully saturated rings. The van der Waals surface area contributed by atoms with Crippen LogP contribution in [0.1, 0.15) is 114 Å². The molecular weight excluding hydrogens is 602 g/mol. The fourth-order valence-corrected chi connectivity index (χ4v) is 7.48.